The molecule has 1 aliphatic rings. The summed E-state index contributed by atoms with van der Waals surface area (Å²) in [5.74, 6) is 0.772. The Hall–Kier alpha value is -2.01. The molecule has 2 aromatic rings. The first-order valence-corrected chi connectivity index (χ1v) is 9.68. The number of alkyl halides is 3. The van der Waals surface area contributed by atoms with E-state index in [1.54, 1.807) is 0 Å². The lowest BCUT2D eigenvalue weighted by molar-refractivity contribution is -0.137. The van der Waals surface area contributed by atoms with Crippen molar-refractivity contribution >= 4 is 5.69 Å². The van der Waals surface area contributed by atoms with Gasteiger partial charge >= 0.3 is 6.18 Å². The van der Waals surface area contributed by atoms with E-state index in [1.165, 1.54) is 37.0 Å². The number of halogens is 3. The SMILES string of the molecule is FC(F)(F)c1ccc(NCCCN2CCC(Cc3ccccc3)CC2)cc1. The summed E-state index contributed by atoms with van der Waals surface area (Å²) < 4.78 is 37.7. The van der Waals surface area contributed by atoms with Crippen molar-refractivity contribution in [2.24, 2.45) is 5.92 Å². The number of nitrogens with one attached hydrogen (secondary N) is 1. The first-order chi connectivity index (χ1) is 13.0. The first-order valence-electron chi connectivity index (χ1n) is 9.68. The van der Waals surface area contributed by atoms with Gasteiger partial charge in [-0.1, -0.05) is 30.3 Å². The second-order valence-electron chi connectivity index (χ2n) is 7.33. The molecule has 0 bridgehead atoms. The zero-order valence-corrected chi connectivity index (χ0v) is 15.5. The lowest BCUT2D eigenvalue weighted by Gasteiger charge is -2.32. The molecule has 146 valence electrons. The van der Waals surface area contributed by atoms with Crippen molar-refractivity contribution in [2.45, 2.75) is 31.9 Å². The van der Waals surface area contributed by atoms with Gasteiger partial charge in [0.2, 0.25) is 0 Å². The summed E-state index contributed by atoms with van der Waals surface area (Å²) in [5.41, 5.74) is 1.56. The fourth-order valence-corrected chi connectivity index (χ4v) is 3.67. The maximum absolute atomic E-state index is 12.6. The number of likely N-dealkylation sites (tertiary alicyclic amines) is 1. The molecular weight excluding hydrogens is 349 g/mol. The van der Waals surface area contributed by atoms with Crippen molar-refractivity contribution in [3.63, 3.8) is 0 Å². The first kappa shape index (κ1) is 19.7. The second-order valence-corrected chi connectivity index (χ2v) is 7.33. The number of hydrogen-bond acceptors (Lipinski definition) is 2. The molecule has 0 saturated carbocycles. The average molecular weight is 376 g/mol. The molecule has 0 amide bonds. The van der Waals surface area contributed by atoms with Crippen LogP contribution in [-0.2, 0) is 12.6 Å². The van der Waals surface area contributed by atoms with Gasteiger partial charge in [-0.25, -0.2) is 0 Å². The highest BCUT2D eigenvalue weighted by Gasteiger charge is 2.29. The van der Waals surface area contributed by atoms with Gasteiger partial charge in [-0.2, -0.15) is 13.2 Å². The lowest BCUT2D eigenvalue weighted by Crippen LogP contribution is -2.35. The van der Waals surface area contributed by atoms with Crippen LogP contribution in [0.5, 0.6) is 0 Å². The molecule has 0 radical (unpaired) electrons. The summed E-state index contributed by atoms with van der Waals surface area (Å²) >= 11 is 0. The maximum Gasteiger partial charge on any atom is 0.416 e. The van der Waals surface area contributed by atoms with E-state index in [-0.39, 0.29) is 0 Å². The third kappa shape index (κ3) is 6.28. The predicted octanol–water partition coefficient (Wildman–Crippen LogP) is 5.46. The smallest absolute Gasteiger partial charge is 0.385 e. The molecule has 1 fully saturated rings. The zero-order chi connectivity index (χ0) is 19.1. The van der Waals surface area contributed by atoms with Gasteiger partial charge in [0.15, 0.2) is 0 Å². The molecule has 0 unspecified atom stereocenters. The molecular formula is C22H27F3N2. The number of rotatable bonds is 7. The number of hydrogen-bond donors (Lipinski definition) is 1. The summed E-state index contributed by atoms with van der Waals surface area (Å²) in [4.78, 5) is 2.50. The van der Waals surface area contributed by atoms with E-state index >= 15 is 0 Å². The van der Waals surface area contributed by atoms with Gasteiger partial charge in [-0.15, -0.1) is 0 Å². The minimum Gasteiger partial charge on any atom is -0.385 e. The Bertz CT molecular complexity index is 675. The summed E-state index contributed by atoms with van der Waals surface area (Å²) in [7, 11) is 0. The summed E-state index contributed by atoms with van der Waals surface area (Å²) in [6.07, 6.45) is 0.363. The Kier molecular flexibility index (Phi) is 6.78. The number of piperidine rings is 1. The molecule has 2 nitrogen and oxygen atoms in total. The molecule has 2 aromatic carbocycles. The standard InChI is InChI=1S/C22H27F3N2/c23-22(24,25)20-7-9-21(10-8-20)26-13-4-14-27-15-11-19(12-16-27)17-18-5-2-1-3-6-18/h1-3,5-10,19,26H,4,11-17H2. The predicted molar refractivity (Wildman–Crippen MR) is 104 cm³/mol. The van der Waals surface area contributed by atoms with Crippen LogP contribution in [0.3, 0.4) is 0 Å². The highest BCUT2D eigenvalue weighted by atomic mass is 19.4. The number of anilines is 1. The molecule has 3 rings (SSSR count). The molecule has 27 heavy (non-hydrogen) atoms. The molecule has 5 heteroatoms. The molecule has 1 saturated heterocycles. The van der Waals surface area contributed by atoms with Gasteiger partial charge in [0.25, 0.3) is 0 Å². The van der Waals surface area contributed by atoms with E-state index in [4.69, 9.17) is 0 Å². The summed E-state index contributed by atoms with van der Waals surface area (Å²) in [6, 6.07) is 15.9. The van der Waals surface area contributed by atoms with E-state index in [1.807, 2.05) is 0 Å². The molecule has 0 aliphatic carbocycles. The molecule has 0 atom stereocenters. The van der Waals surface area contributed by atoms with Crippen LogP contribution in [-0.4, -0.2) is 31.1 Å². The third-order valence-electron chi connectivity index (χ3n) is 5.27. The molecule has 0 spiro atoms. The van der Waals surface area contributed by atoms with E-state index in [0.29, 0.717) is 0 Å². The zero-order valence-electron chi connectivity index (χ0n) is 15.5. The second kappa shape index (κ2) is 9.27. The number of benzene rings is 2. The van der Waals surface area contributed by atoms with Gasteiger partial charge in [0.05, 0.1) is 5.56 Å². The van der Waals surface area contributed by atoms with Crippen LogP contribution >= 0.6 is 0 Å². The minimum absolute atomic E-state index is 0.605. The van der Waals surface area contributed by atoms with Crippen molar-refractivity contribution in [2.75, 3.05) is 31.5 Å². The van der Waals surface area contributed by atoms with E-state index in [2.05, 4.69) is 40.5 Å². The van der Waals surface area contributed by atoms with E-state index in [9.17, 15) is 13.2 Å². The van der Waals surface area contributed by atoms with E-state index in [0.717, 1.165) is 56.3 Å². The van der Waals surface area contributed by atoms with Crippen molar-refractivity contribution in [1.82, 2.24) is 4.90 Å². The molecule has 1 aliphatic heterocycles. The normalized spacial score (nSPS) is 16.4. The largest absolute Gasteiger partial charge is 0.416 e. The highest BCUT2D eigenvalue weighted by molar-refractivity contribution is 5.45. The van der Waals surface area contributed by atoms with Crippen LogP contribution in [0.1, 0.15) is 30.4 Å². The van der Waals surface area contributed by atoms with Crippen LogP contribution in [0.4, 0.5) is 18.9 Å². The number of nitrogens with zero attached hydrogens (tertiary/aromatic N) is 1. The van der Waals surface area contributed by atoms with E-state index < -0.39 is 11.7 Å². The fourth-order valence-electron chi connectivity index (χ4n) is 3.67. The highest BCUT2D eigenvalue weighted by Crippen LogP contribution is 2.29. The molecule has 1 N–H and O–H groups in total. The van der Waals surface area contributed by atoms with Crippen molar-refractivity contribution in [3.8, 4) is 0 Å². The van der Waals surface area contributed by atoms with Crippen LogP contribution in [0.25, 0.3) is 0 Å². The van der Waals surface area contributed by atoms with Crippen molar-refractivity contribution < 1.29 is 13.2 Å². The van der Waals surface area contributed by atoms with Crippen molar-refractivity contribution in [3.05, 3.63) is 65.7 Å². The van der Waals surface area contributed by atoms with Gasteiger partial charge in [-0.3, -0.25) is 0 Å². The van der Waals surface area contributed by atoms with Gasteiger partial charge in [0, 0.05) is 12.2 Å². The Balaban J connectivity index is 1.31. The summed E-state index contributed by atoms with van der Waals surface area (Å²) in [6.45, 7) is 4.08. The van der Waals surface area contributed by atoms with Crippen LogP contribution in [0, 0.1) is 5.92 Å². The Labute approximate surface area is 159 Å². The molecule has 0 aromatic heterocycles. The van der Waals surface area contributed by atoms with Crippen LogP contribution in [0.2, 0.25) is 0 Å². The van der Waals surface area contributed by atoms with Crippen molar-refractivity contribution in [1.29, 1.82) is 0 Å². The lowest BCUT2D eigenvalue weighted by atomic mass is 9.90. The quantitative estimate of drug-likeness (QED) is 0.645. The van der Waals surface area contributed by atoms with Gasteiger partial charge in [-0.05, 0) is 81.1 Å². The average Bonchev–Trinajstić information content (AvgIpc) is 2.67. The maximum atomic E-state index is 12.6. The van der Waals surface area contributed by atoms with Gasteiger partial charge < -0.3 is 10.2 Å². The Morgan fingerprint density at radius 2 is 1.59 bits per heavy atom. The minimum atomic E-state index is -4.27. The van der Waals surface area contributed by atoms with Gasteiger partial charge in [0.1, 0.15) is 0 Å². The Morgan fingerprint density at radius 3 is 2.22 bits per heavy atom. The monoisotopic (exact) mass is 376 g/mol. The fraction of sp³-hybridized carbons (Fsp3) is 0.455. The summed E-state index contributed by atoms with van der Waals surface area (Å²) in [5, 5.41) is 3.21. The third-order valence-corrected chi connectivity index (χ3v) is 5.27. The molecule has 1 heterocycles. The topological polar surface area (TPSA) is 15.3 Å². The van der Waals surface area contributed by atoms with Crippen LogP contribution in [0.15, 0.2) is 54.6 Å². The Morgan fingerprint density at radius 1 is 0.926 bits per heavy atom. The van der Waals surface area contributed by atoms with Crippen LogP contribution < -0.4 is 5.32 Å².